The van der Waals surface area contributed by atoms with Crippen molar-refractivity contribution in [3.05, 3.63) is 22.8 Å². The van der Waals surface area contributed by atoms with Gasteiger partial charge in [-0.3, -0.25) is 10.1 Å². The Morgan fingerprint density at radius 3 is 2.83 bits per heavy atom. The Morgan fingerprint density at radius 2 is 2.22 bits per heavy atom. The molecular weight excluding hydrogens is 254 g/mol. The van der Waals surface area contributed by atoms with E-state index in [0.717, 1.165) is 0 Å². The van der Waals surface area contributed by atoms with Crippen LogP contribution in [0.25, 0.3) is 0 Å². The molecule has 0 aromatic carbocycles. The monoisotopic (exact) mass is 265 g/mol. The molecule has 7 nitrogen and oxygen atoms in total. The van der Waals surface area contributed by atoms with Crippen LogP contribution in [0.15, 0.2) is 11.4 Å². The van der Waals surface area contributed by atoms with E-state index in [9.17, 15) is 4.79 Å². The van der Waals surface area contributed by atoms with Gasteiger partial charge in [-0.25, -0.2) is 9.97 Å². The Labute approximate surface area is 107 Å². The number of ether oxygens (including phenoxy) is 1. The molecular formula is C10H11N5O2S. The van der Waals surface area contributed by atoms with Crippen molar-refractivity contribution in [2.75, 3.05) is 18.2 Å². The smallest absolute Gasteiger partial charge is 0.277 e. The molecule has 2 rings (SSSR count). The van der Waals surface area contributed by atoms with Crippen molar-refractivity contribution in [2.24, 2.45) is 0 Å². The number of nitrogens with two attached hydrogens (primary N) is 1. The number of carbonyl (C=O) groups excluding carboxylic acids is 1. The molecule has 1 amide bonds. The van der Waals surface area contributed by atoms with Crippen LogP contribution in [0.2, 0.25) is 0 Å². The number of aryl methyl sites for hydroxylation is 1. The van der Waals surface area contributed by atoms with Gasteiger partial charge >= 0.3 is 0 Å². The summed E-state index contributed by atoms with van der Waals surface area (Å²) in [6, 6.07) is 1.66. The minimum absolute atomic E-state index is 0.170. The zero-order valence-corrected chi connectivity index (χ0v) is 10.6. The van der Waals surface area contributed by atoms with Gasteiger partial charge in [0.05, 0.1) is 7.11 Å². The van der Waals surface area contributed by atoms with Crippen molar-refractivity contribution >= 4 is 28.3 Å². The Morgan fingerprint density at radius 1 is 1.44 bits per heavy atom. The van der Waals surface area contributed by atoms with E-state index in [1.54, 1.807) is 18.4 Å². The van der Waals surface area contributed by atoms with Crippen molar-refractivity contribution in [1.29, 1.82) is 0 Å². The molecule has 94 valence electrons. The van der Waals surface area contributed by atoms with Crippen LogP contribution in [-0.2, 0) is 0 Å². The van der Waals surface area contributed by atoms with Gasteiger partial charge in [-0.15, -0.1) is 11.3 Å². The lowest BCUT2D eigenvalue weighted by Crippen LogP contribution is -2.15. The number of nitrogen functional groups attached to an aromatic ring is 1. The molecule has 0 spiro atoms. The lowest BCUT2D eigenvalue weighted by atomic mass is 10.4. The first-order valence-electron chi connectivity index (χ1n) is 5.00. The molecule has 18 heavy (non-hydrogen) atoms. The number of hydrogen-bond donors (Lipinski definition) is 2. The lowest BCUT2D eigenvalue weighted by Gasteiger charge is -2.05. The Kier molecular flexibility index (Phi) is 3.38. The predicted molar refractivity (Wildman–Crippen MR) is 67.8 cm³/mol. The van der Waals surface area contributed by atoms with Crippen molar-refractivity contribution < 1.29 is 9.53 Å². The van der Waals surface area contributed by atoms with Crippen molar-refractivity contribution in [2.45, 2.75) is 6.92 Å². The summed E-state index contributed by atoms with van der Waals surface area (Å²) in [4.78, 5) is 23.7. The number of carbonyl (C=O) groups is 1. The molecule has 2 heterocycles. The summed E-state index contributed by atoms with van der Waals surface area (Å²) in [5, 5.41) is 4.44. The molecule has 2 aromatic rings. The number of amides is 1. The molecule has 0 saturated heterocycles. The van der Waals surface area contributed by atoms with E-state index in [2.05, 4.69) is 20.3 Å². The number of methoxy groups -OCH3 is 1. The number of nitrogens with zero attached hydrogens (tertiary/aromatic N) is 3. The van der Waals surface area contributed by atoms with E-state index in [1.807, 2.05) is 0 Å². The fourth-order valence-corrected chi connectivity index (χ4v) is 1.80. The van der Waals surface area contributed by atoms with Crippen LogP contribution in [0, 0.1) is 6.92 Å². The van der Waals surface area contributed by atoms with Gasteiger partial charge < -0.3 is 10.5 Å². The van der Waals surface area contributed by atoms with Gasteiger partial charge in [0, 0.05) is 17.1 Å². The SMILES string of the molecule is COc1cc(C)nc(NC(=O)c2csc(N)n2)n1. The summed E-state index contributed by atoms with van der Waals surface area (Å²) >= 11 is 1.19. The van der Waals surface area contributed by atoms with Gasteiger partial charge in [0.1, 0.15) is 5.69 Å². The topological polar surface area (TPSA) is 103 Å². The second kappa shape index (κ2) is 4.96. The van der Waals surface area contributed by atoms with E-state index in [0.29, 0.717) is 16.7 Å². The number of thiazole rings is 1. The normalized spacial score (nSPS) is 10.1. The van der Waals surface area contributed by atoms with E-state index < -0.39 is 5.91 Å². The molecule has 2 aromatic heterocycles. The van der Waals surface area contributed by atoms with Gasteiger partial charge in [-0.1, -0.05) is 0 Å². The summed E-state index contributed by atoms with van der Waals surface area (Å²) in [7, 11) is 1.49. The first kappa shape index (κ1) is 12.2. The average molecular weight is 265 g/mol. The largest absolute Gasteiger partial charge is 0.481 e. The van der Waals surface area contributed by atoms with E-state index in [-0.39, 0.29) is 11.6 Å². The molecule has 0 saturated carbocycles. The van der Waals surface area contributed by atoms with Crippen LogP contribution in [0.5, 0.6) is 5.88 Å². The lowest BCUT2D eigenvalue weighted by molar-refractivity contribution is 0.102. The van der Waals surface area contributed by atoms with Crippen LogP contribution in [0.3, 0.4) is 0 Å². The predicted octanol–water partition coefficient (Wildman–Crippen LogP) is 1.08. The fraction of sp³-hybridized carbons (Fsp3) is 0.200. The first-order valence-corrected chi connectivity index (χ1v) is 5.88. The number of nitrogens with one attached hydrogen (secondary N) is 1. The molecule has 0 radical (unpaired) electrons. The van der Waals surface area contributed by atoms with Crippen molar-refractivity contribution in [1.82, 2.24) is 15.0 Å². The maximum atomic E-state index is 11.8. The maximum Gasteiger partial charge on any atom is 0.277 e. The zero-order valence-electron chi connectivity index (χ0n) is 9.80. The summed E-state index contributed by atoms with van der Waals surface area (Å²) in [5.74, 6) is 0.148. The second-order valence-electron chi connectivity index (χ2n) is 3.40. The van der Waals surface area contributed by atoms with E-state index >= 15 is 0 Å². The van der Waals surface area contributed by atoms with Crippen LogP contribution >= 0.6 is 11.3 Å². The average Bonchev–Trinajstić information content (AvgIpc) is 2.75. The summed E-state index contributed by atoms with van der Waals surface area (Å²) < 4.78 is 4.99. The molecule has 0 aliphatic carbocycles. The minimum atomic E-state index is -0.407. The molecule has 0 fully saturated rings. The Hall–Kier alpha value is -2.22. The molecule has 0 aliphatic rings. The third-order valence-electron chi connectivity index (χ3n) is 2.02. The minimum Gasteiger partial charge on any atom is -0.481 e. The van der Waals surface area contributed by atoms with E-state index in [1.165, 1.54) is 18.4 Å². The molecule has 0 atom stereocenters. The van der Waals surface area contributed by atoms with Crippen molar-refractivity contribution in [3.8, 4) is 5.88 Å². The number of aromatic nitrogens is 3. The van der Waals surface area contributed by atoms with Gasteiger partial charge in [-0.2, -0.15) is 4.98 Å². The summed E-state index contributed by atoms with van der Waals surface area (Å²) in [6.45, 7) is 1.78. The molecule has 0 bridgehead atoms. The molecule has 0 aliphatic heterocycles. The Bertz CT molecular complexity index is 583. The van der Waals surface area contributed by atoms with Gasteiger partial charge in [0.25, 0.3) is 5.91 Å². The third kappa shape index (κ3) is 2.72. The van der Waals surface area contributed by atoms with Gasteiger partial charge in [-0.05, 0) is 6.92 Å². The third-order valence-corrected chi connectivity index (χ3v) is 2.69. The van der Waals surface area contributed by atoms with Crippen LogP contribution < -0.4 is 15.8 Å². The summed E-state index contributed by atoms with van der Waals surface area (Å²) in [6.07, 6.45) is 0. The van der Waals surface area contributed by atoms with E-state index in [4.69, 9.17) is 10.5 Å². The molecule has 0 unspecified atom stereocenters. The fourth-order valence-electron chi connectivity index (χ4n) is 1.26. The zero-order chi connectivity index (χ0) is 13.1. The van der Waals surface area contributed by atoms with Crippen LogP contribution in [-0.4, -0.2) is 28.0 Å². The highest BCUT2D eigenvalue weighted by Gasteiger charge is 2.12. The number of hydrogen-bond acceptors (Lipinski definition) is 7. The highest BCUT2D eigenvalue weighted by molar-refractivity contribution is 7.13. The van der Waals surface area contributed by atoms with Crippen molar-refractivity contribution in [3.63, 3.8) is 0 Å². The highest BCUT2D eigenvalue weighted by Crippen LogP contribution is 2.14. The quantitative estimate of drug-likeness (QED) is 0.860. The standard InChI is InChI=1S/C10H11N5O2S/c1-5-3-7(17-2)14-10(12-5)15-8(16)6-4-18-9(11)13-6/h3-4H,1-2H3,(H2,11,13)(H,12,14,15,16). The Balaban J connectivity index is 2.18. The van der Waals surface area contributed by atoms with Gasteiger partial charge in [0.15, 0.2) is 5.13 Å². The maximum absolute atomic E-state index is 11.8. The first-order chi connectivity index (χ1) is 8.58. The van der Waals surface area contributed by atoms with Crippen LogP contribution in [0.4, 0.5) is 11.1 Å². The highest BCUT2D eigenvalue weighted by atomic mass is 32.1. The number of anilines is 2. The number of rotatable bonds is 3. The van der Waals surface area contributed by atoms with Gasteiger partial charge in [0.2, 0.25) is 11.8 Å². The second-order valence-corrected chi connectivity index (χ2v) is 4.29. The molecule has 8 heteroatoms. The van der Waals surface area contributed by atoms with Crippen LogP contribution in [0.1, 0.15) is 16.2 Å². The summed E-state index contributed by atoms with van der Waals surface area (Å²) in [5.41, 5.74) is 6.38. The molecule has 3 N–H and O–H groups in total.